The molecule has 1 aromatic heterocycles. The lowest BCUT2D eigenvalue weighted by Gasteiger charge is -2.34. The average molecular weight is 281 g/mol. The third kappa shape index (κ3) is 3.13. The van der Waals surface area contributed by atoms with Crippen LogP contribution in [0.1, 0.15) is 26.7 Å². The lowest BCUT2D eigenvalue weighted by molar-refractivity contribution is -0.383. The Labute approximate surface area is 117 Å². The number of nitro groups is 1. The standard InChI is InChI=1S/C12H19N5O3/c1-3-13-10-9(17(18)19)11(15-8-14-10)16-12(2)5-4-6-20-7-12/h8H,3-7H2,1-2H3,(H2,13,14,15,16). The van der Waals surface area contributed by atoms with E-state index in [2.05, 4.69) is 20.6 Å². The fraction of sp³-hybridized carbons (Fsp3) is 0.667. The second-order valence-electron chi connectivity index (χ2n) is 5.05. The van der Waals surface area contributed by atoms with Crippen molar-refractivity contribution in [2.24, 2.45) is 0 Å². The first-order chi connectivity index (χ1) is 9.56. The maximum absolute atomic E-state index is 11.3. The molecule has 0 saturated carbocycles. The number of aromatic nitrogens is 2. The Kier molecular flexibility index (Phi) is 4.33. The number of hydrogen-bond donors (Lipinski definition) is 2. The SMILES string of the molecule is CCNc1ncnc(NC2(C)CCCOC2)c1[N+](=O)[O-]. The minimum absolute atomic E-state index is 0.124. The maximum atomic E-state index is 11.3. The van der Waals surface area contributed by atoms with Crippen LogP contribution in [0.4, 0.5) is 17.3 Å². The molecule has 8 heteroatoms. The summed E-state index contributed by atoms with van der Waals surface area (Å²) in [6.07, 6.45) is 3.12. The number of hydrogen-bond acceptors (Lipinski definition) is 7. The van der Waals surface area contributed by atoms with Gasteiger partial charge in [0.2, 0.25) is 11.6 Å². The smallest absolute Gasteiger partial charge is 0.353 e. The Morgan fingerprint density at radius 1 is 1.50 bits per heavy atom. The molecular weight excluding hydrogens is 262 g/mol. The van der Waals surface area contributed by atoms with Crippen molar-refractivity contribution >= 4 is 17.3 Å². The van der Waals surface area contributed by atoms with E-state index in [-0.39, 0.29) is 22.9 Å². The highest BCUT2D eigenvalue weighted by Crippen LogP contribution is 2.32. The van der Waals surface area contributed by atoms with E-state index in [4.69, 9.17) is 4.74 Å². The third-order valence-electron chi connectivity index (χ3n) is 3.21. The number of rotatable bonds is 5. The Morgan fingerprint density at radius 2 is 2.25 bits per heavy atom. The van der Waals surface area contributed by atoms with E-state index in [0.29, 0.717) is 13.2 Å². The van der Waals surface area contributed by atoms with Crippen molar-refractivity contribution in [1.29, 1.82) is 0 Å². The highest BCUT2D eigenvalue weighted by molar-refractivity contribution is 5.69. The molecule has 0 spiro atoms. The first-order valence-electron chi connectivity index (χ1n) is 6.65. The number of nitrogens with zero attached hydrogens (tertiary/aromatic N) is 3. The third-order valence-corrected chi connectivity index (χ3v) is 3.21. The quantitative estimate of drug-likeness (QED) is 0.626. The molecule has 8 nitrogen and oxygen atoms in total. The van der Waals surface area contributed by atoms with Crippen LogP contribution in [0.15, 0.2) is 6.33 Å². The molecule has 20 heavy (non-hydrogen) atoms. The molecular formula is C12H19N5O3. The van der Waals surface area contributed by atoms with Crippen LogP contribution in [0.5, 0.6) is 0 Å². The normalized spacial score (nSPS) is 22.3. The van der Waals surface area contributed by atoms with Crippen molar-refractivity contribution < 1.29 is 9.66 Å². The molecule has 2 heterocycles. The molecule has 1 unspecified atom stereocenters. The van der Waals surface area contributed by atoms with Gasteiger partial charge in [-0.05, 0) is 26.7 Å². The predicted molar refractivity (Wildman–Crippen MR) is 74.9 cm³/mol. The molecule has 1 aromatic rings. The van der Waals surface area contributed by atoms with Crippen molar-refractivity contribution in [1.82, 2.24) is 9.97 Å². The molecule has 1 fully saturated rings. The second kappa shape index (κ2) is 6.00. The van der Waals surface area contributed by atoms with Crippen LogP contribution in [0, 0.1) is 10.1 Å². The summed E-state index contributed by atoms with van der Waals surface area (Å²) < 4.78 is 5.44. The minimum Gasteiger partial charge on any atom is -0.379 e. The van der Waals surface area contributed by atoms with Crippen molar-refractivity contribution in [3.8, 4) is 0 Å². The van der Waals surface area contributed by atoms with Gasteiger partial charge in [0.1, 0.15) is 6.33 Å². The van der Waals surface area contributed by atoms with Crippen LogP contribution < -0.4 is 10.6 Å². The molecule has 1 aliphatic heterocycles. The molecule has 0 aromatic carbocycles. The van der Waals surface area contributed by atoms with E-state index in [1.165, 1.54) is 6.33 Å². The molecule has 1 atom stereocenters. The Morgan fingerprint density at radius 3 is 2.85 bits per heavy atom. The van der Waals surface area contributed by atoms with Crippen molar-refractivity contribution in [3.63, 3.8) is 0 Å². The number of anilines is 2. The van der Waals surface area contributed by atoms with E-state index < -0.39 is 4.92 Å². The van der Waals surface area contributed by atoms with E-state index in [1.54, 1.807) is 0 Å². The van der Waals surface area contributed by atoms with Gasteiger partial charge in [-0.1, -0.05) is 0 Å². The minimum atomic E-state index is -0.465. The van der Waals surface area contributed by atoms with Gasteiger partial charge < -0.3 is 15.4 Å². The van der Waals surface area contributed by atoms with Crippen LogP contribution in [0.3, 0.4) is 0 Å². The lowest BCUT2D eigenvalue weighted by Crippen LogP contribution is -2.43. The number of nitrogens with one attached hydrogen (secondary N) is 2. The summed E-state index contributed by atoms with van der Waals surface area (Å²) in [5, 5.41) is 17.3. The molecule has 0 amide bonds. The predicted octanol–water partition coefficient (Wildman–Crippen LogP) is 1.80. The van der Waals surface area contributed by atoms with Gasteiger partial charge in [0.25, 0.3) is 0 Å². The Hall–Kier alpha value is -1.96. The van der Waals surface area contributed by atoms with E-state index >= 15 is 0 Å². The summed E-state index contributed by atoms with van der Waals surface area (Å²) in [5.74, 6) is 0.462. The molecule has 0 aliphatic carbocycles. The van der Waals surface area contributed by atoms with Gasteiger partial charge in [-0.2, -0.15) is 0 Å². The maximum Gasteiger partial charge on any atom is 0.353 e. The molecule has 1 saturated heterocycles. The van der Waals surface area contributed by atoms with Crippen molar-refractivity contribution in [3.05, 3.63) is 16.4 Å². The summed E-state index contributed by atoms with van der Waals surface area (Å²) in [6, 6.07) is 0. The Balaban J connectivity index is 2.30. The van der Waals surface area contributed by atoms with Crippen LogP contribution in [-0.4, -0.2) is 40.2 Å². The molecule has 1 aliphatic rings. The number of ether oxygens (including phenoxy) is 1. The summed E-state index contributed by atoms with van der Waals surface area (Å²) in [6.45, 7) is 5.62. The van der Waals surface area contributed by atoms with Gasteiger partial charge in [-0.3, -0.25) is 10.1 Å². The average Bonchev–Trinajstić information content (AvgIpc) is 2.39. The van der Waals surface area contributed by atoms with Gasteiger partial charge in [0.15, 0.2) is 0 Å². The van der Waals surface area contributed by atoms with Crippen LogP contribution >= 0.6 is 0 Å². The summed E-state index contributed by atoms with van der Waals surface area (Å²) in [4.78, 5) is 18.8. The van der Waals surface area contributed by atoms with E-state index in [0.717, 1.165) is 19.4 Å². The first-order valence-corrected chi connectivity index (χ1v) is 6.65. The van der Waals surface area contributed by atoms with E-state index in [1.807, 2.05) is 13.8 Å². The zero-order valence-electron chi connectivity index (χ0n) is 11.7. The van der Waals surface area contributed by atoms with E-state index in [9.17, 15) is 10.1 Å². The van der Waals surface area contributed by atoms with Crippen molar-refractivity contribution in [2.75, 3.05) is 30.4 Å². The summed E-state index contributed by atoms with van der Waals surface area (Å²) in [7, 11) is 0. The fourth-order valence-electron chi connectivity index (χ4n) is 2.26. The highest BCUT2D eigenvalue weighted by atomic mass is 16.6. The van der Waals surface area contributed by atoms with Gasteiger partial charge in [0, 0.05) is 13.2 Å². The zero-order valence-corrected chi connectivity index (χ0v) is 11.7. The van der Waals surface area contributed by atoms with Crippen LogP contribution in [0.25, 0.3) is 0 Å². The van der Waals surface area contributed by atoms with Crippen LogP contribution in [0.2, 0.25) is 0 Å². The molecule has 2 rings (SSSR count). The zero-order chi connectivity index (χ0) is 14.6. The lowest BCUT2D eigenvalue weighted by atomic mass is 9.95. The monoisotopic (exact) mass is 281 g/mol. The van der Waals surface area contributed by atoms with Crippen molar-refractivity contribution in [2.45, 2.75) is 32.2 Å². The fourth-order valence-corrected chi connectivity index (χ4v) is 2.26. The highest BCUT2D eigenvalue weighted by Gasteiger charge is 2.32. The molecule has 0 bridgehead atoms. The topological polar surface area (TPSA) is 102 Å². The van der Waals surface area contributed by atoms with Gasteiger partial charge >= 0.3 is 5.69 Å². The molecule has 0 radical (unpaired) electrons. The van der Waals surface area contributed by atoms with Gasteiger partial charge in [-0.25, -0.2) is 9.97 Å². The molecule has 110 valence electrons. The summed E-state index contributed by atoms with van der Waals surface area (Å²) in [5.41, 5.74) is -0.470. The van der Waals surface area contributed by atoms with Gasteiger partial charge in [-0.15, -0.1) is 0 Å². The molecule has 2 N–H and O–H groups in total. The van der Waals surface area contributed by atoms with Gasteiger partial charge in [0.05, 0.1) is 17.1 Å². The second-order valence-corrected chi connectivity index (χ2v) is 5.05. The first kappa shape index (κ1) is 14.4. The largest absolute Gasteiger partial charge is 0.379 e. The Bertz CT molecular complexity index is 488. The summed E-state index contributed by atoms with van der Waals surface area (Å²) >= 11 is 0. The van der Waals surface area contributed by atoms with Crippen LogP contribution in [-0.2, 0) is 4.74 Å².